The third-order valence-electron chi connectivity index (χ3n) is 2.96. The largest absolute Gasteiger partial charge is 0.467 e. The van der Waals surface area contributed by atoms with Crippen molar-refractivity contribution in [3.63, 3.8) is 0 Å². The molecule has 2 aromatic carbocycles. The van der Waals surface area contributed by atoms with Gasteiger partial charge >= 0.3 is 5.97 Å². The van der Waals surface area contributed by atoms with Crippen molar-refractivity contribution in [3.8, 4) is 0 Å². The van der Waals surface area contributed by atoms with Crippen LogP contribution in [0.3, 0.4) is 0 Å². The number of hydrogen-bond donors (Lipinski definition) is 2. The third-order valence-corrected chi connectivity index (χ3v) is 2.96. The van der Waals surface area contributed by atoms with Crippen LogP contribution >= 0.6 is 0 Å². The molecule has 0 aliphatic rings. The molecular weight excluding hydrogens is 278 g/mol. The Morgan fingerprint density at radius 3 is 2.52 bits per heavy atom. The Hall–Kier alpha value is -2.63. The van der Waals surface area contributed by atoms with Gasteiger partial charge in [-0.05, 0) is 11.6 Å². The van der Waals surface area contributed by atoms with Crippen LogP contribution in [0.15, 0.2) is 42.5 Å². The lowest BCUT2D eigenvalue weighted by molar-refractivity contribution is -0.141. The number of methoxy groups -OCH3 is 1. The predicted molar refractivity (Wildman–Crippen MR) is 75.6 cm³/mol. The number of anilines is 2. The van der Waals surface area contributed by atoms with Crippen molar-refractivity contribution in [2.75, 3.05) is 18.2 Å². The van der Waals surface area contributed by atoms with Crippen LogP contribution in [0.2, 0.25) is 0 Å². The van der Waals surface area contributed by atoms with Gasteiger partial charge in [-0.3, -0.25) is 0 Å². The lowest BCUT2D eigenvalue weighted by atomic mass is 10.1. The summed E-state index contributed by atoms with van der Waals surface area (Å²) in [6.07, 6.45) is 0. The second-order valence-corrected chi connectivity index (χ2v) is 4.36. The fourth-order valence-electron chi connectivity index (χ4n) is 1.90. The summed E-state index contributed by atoms with van der Waals surface area (Å²) in [5.41, 5.74) is 5.88. The molecule has 1 unspecified atom stereocenters. The van der Waals surface area contributed by atoms with Crippen LogP contribution in [0.5, 0.6) is 0 Å². The number of benzene rings is 2. The highest BCUT2D eigenvalue weighted by molar-refractivity contribution is 5.82. The second kappa shape index (κ2) is 6.21. The van der Waals surface area contributed by atoms with Gasteiger partial charge in [0.2, 0.25) is 0 Å². The number of rotatable bonds is 4. The van der Waals surface area contributed by atoms with E-state index in [1.54, 1.807) is 30.3 Å². The topological polar surface area (TPSA) is 64.3 Å². The number of carbonyl (C=O) groups is 1. The predicted octanol–water partition coefficient (Wildman–Crippen LogP) is 2.87. The number of nitrogens with two attached hydrogens (primary N) is 1. The van der Waals surface area contributed by atoms with E-state index >= 15 is 0 Å². The average molecular weight is 292 g/mol. The van der Waals surface area contributed by atoms with Gasteiger partial charge in [-0.25, -0.2) is 13.6 Å². The molecule has 0 aliphatic heterocycles. The van der Waals surface area contributed by atoms with E-state index < -0.39 is 23.6 Å². The Kier molecular flexibility index (Phi) is 4.37. The standard InChI is InChI=1S/C15H14F2N2O2/c1-21-15(20)14(9-5-3-2-4-6-9)19-12-8-10(16)7-11(17)13(12)18/h2-8,14,19H,18H2,1H3. The van der Waals surface area contributed by atoms with E-state index in [2.05, 4.69) is 5.32 Å². The molecule has 2 aromatic rings. The number of esters is 1. The van der Waals surface area contributed by atoms with E-state index in [1.165, 1.54) is 7.11 Å². The minimum atomic E-state index is -0.917. The normalized spacial score (nSPS) is 11.8. The number of ether oxygens (including phenoxy) is 1. The molecule has 2 rings (SSSR count). The van der Waals surface area contributed by atoms with Crippen molar-refractivity contribution >= 4 is 17.3 Å². The van der Waals surface area contributed by atoms with Crippen molar-refractivity contribution < 1.29 is 18.3 Å². The van der Waals surface area contributed by atoms with Gasteiger partial charge in [-0.2, -0.15) is 0 Å². The molecule has 1 atom stereocenters. The van der Waals surface area contributed by atoms with E-state index in [1.807, 2.05) is 0 Å². The third kappa shape index (κ3) is 3.28. The summed E-state index contributed by atoms with van der Waals surface area (Å²) in [7, 11) is 1.23. The maximum absolute atomic E-state index is 13.5. The summed E-state index contributed by atoms with van der Waals surface area (Å²) in [4.78, 5) is 11.9. The number of carbonyl (C=O) groups excluding carboxylic acids is 1. The Balaban J connectivity index is 2.39. The molecule has 0 aliphatic carbocycles. The molecule has 0 saturated carbocycles. The summed E-state index contributed by atoms with van der Waals surface area (Å²) in [6, 6.07) is 9.44. The van der Waals surface area contributed by atoms with Gasteiger partial charge < -0.3 is 15.8 Å². The highest BCUT2D eigenvalue weighted by Crippen LogP contribution is 2.28. The Morgan fingerprint density at radius 2 is 1.90 bits per heavy atom. The van der Waals surface area contributed by atoms with Crippen molar-refractivity contribution in [2.45, 2.75) is 6.04 Å². The van der Waals surface area contributed by atoms with Crippen molar-refractivity contribution in [1.29, 1.82) is 0 Å². The maximum atomic E-state index is 13.5. The molecule has 0 radical (unpaired) electrons. The van der Waals surface area contributed by atoms with E-state index in [9.17, 15) is 13.6 Å². The number of nitrogen functional groups attached to an aromatic ring is 1. The molecule has 3 N–H and O–H groups in total. The van der Waals surface area contributed by atoms with Crippen molar-refractivity contribution in [1.82, 2.24) is 0 Å². The zero-order valence-corrected chi connectivity index (χ0v) is 11.3. The van der Waals surface area contributed by atoms with Crippen LogP contribution in [0.25, 0.3) is 0 Å². The van der Waals surface area contributed by atoms with Gasteiger partial charge in [-0.1, -0.05) is 30.3 Å². The van der Waals surface area contributed by atoms with Crippen LogP contribution in [-0.4, -0.2) is 13.1 Å². The molecule has 0 heterocycles. The van der Waals surface area contributed by atoms with Gasteiger partial charge in [0.1, 0.15) is 5.82 Å². The van der Waals surface area contributed by atoms with Crippen LogP contribution in [0.4, 0.5) is 20.2 Å². The highest BCUT2D eigenvalue weighted by atomic mass is 19.1. The van der Waals surface area contributed by atoms with E-state index in [-0.39, 0.29) is 11.4 Å². The fourth-order valence-corrected chi connectivity index (χ4v) is 1.90. The summed E-state index contributed by atoms with van der Waals surface area (Å²) in [6.45, 7) is 0. The Bertz CT molecular complexity index is 648. The summed E-state index contributed by atoms with van der Waals surface area (Å²) in [5, 5.41) is 2.72. The SMILES string of the molecule is COC(=O)C(Nc1cc(F)cc(F)c1N)c1ccccc1. The number of halogens is 2. The lowest BCUT2D eigenvalue weighted by Gasteiger charge is -2.19. The molecule has 0 fully saturated rings. The summed E-state index contributed by atoms with van der Waals surface area (Å²) in [5.74, 6) is -2.28. The molecule has 0 spiro atoms. The van der Waals surface area contributed by atoms with Crippen LogP contribution in [-0.2, 0) is 9.53 Å². The van der Waals surface area contributed by atoms with Crippen molar-refractivity contribution in [3.05, 3.63) is 59.7 Å². The molecule has 0 bridgehead atoms. The molecule has 110 valence electrons. The molecule has 21 heavy (non-hydrogen) atoms. The van der Waals surface area contributed by atoms with Crippen molar-refractivity contribution in [2.24, 2.45) is 0 Å². The monoisotopic (exact) mass is 292 g/mol. The minimum Gasteiger partial charge on any atom is -0.467 e. The summed E-state index contributed by atoms with van der Waals surface area (Å²) >= 11 is 0. The fraction of sp³-hybridized carbons (Fsp3) is 0.133. The maximum Gasteiger partial charge on any atom is 0.332 e. The highest BCUT2D eigenvalue weighted by Gasteiger charge is 2.22. The van der Waals surface area contributed by atoms with Gasteiger partial charge in [-0.15, -0.1) is 0 Å². The van der Waals surface area contributed by atoms with Crippen LogP contribution in [0, 0.1) is 11.6 Å². The molecular formula is C15H14F2N2O2. The Morgan fingerprint density at radius 1 is 1.24 bits per heavy atom. The summed E-state index contributed by atoms with van der Waals surface area (Å²) < 4.78 is 31.5. The van der Waals surface area contributed by atoms with Crippen LogP contribution < -0.4 is 11.1 Å². The Labute approximate surface area is 120 Å². The van der Waals surface area contributed by atoms with Gasteiger partial charge in [0, 0.05) is 6.07 Å². The first kappa shape index (κ1) is 14.8. The molecule has 0 saturated heterocycles. The second-order valence-electron chi connectivity index (χ2n) is 4.36. The van der Waals surface area contributed by atoms with E-state index in [0.717, 1.165) is 6.07 Å². The van der Waals surface area contributed by atoms with E-state index in [4.69, 9.17) is 10.5 Å². The lowest BCUT2D eigenvalue weighted by Crippen LogP contribution is -2.23. The zero-order chi connectivity index (χ0) is 15.4. The smallest absolute Gasteiger partial charge is 0.332 e. The minimum absolute atomic E-state index is 0.00764. The van der Waals surface area contributed by atoms with Gasteiger partial charge in [0.25, 0.3) is 0 Å². The molecule has 6 heteroatoms. The zero-order valence-electron chi connectivity index (χ0n) is 11.3. The van der Waals surface area contributed by atoms with Gasteiger partial charge in [0.05, 0.1) is 18.5 Å². The first-order chi connectivity index (χ1) is 10.0. The first-order valence-corrected chi connectivity index (χ1v) is 6.16. The van der Waals surface area contributed by atoms with E-state index in [0.29, 0.717) is 11.6 Å². The molecule has 0 amide bonds. The number of hydrogen-bond acceptors (Lipinski definition) is 4. The van der Waals surface area contributed by atoms with Crippen LogP contribution in [0.1, 0.15) is 11.6 Å². The average Bonchev–Trinajstić information content (AvgIpc) is 2.49. The first-order valence-electron chi connectivity index (χ1n) is 6.16. The molecule has 4 nitrogen and oxygen atoms in total. The van der Waals surface area contributed by atoms with Gasteiger partial charge in [0.15, 0.2) is 11.9 Å². The quantitative estimate of drug-likeness (QED) is 0.672. The molecule has 0 aromatic heterocycles. The number of nitrogens with one attached hydrogen (secondary N) is 1.